The second-order valence-electron chi connectivity index (χ2n) is 8.52. The molecule has 33 heavy (non-hydrogen) atoms. The third-order valence-electron chi connectivity index (χ3n) is 6.47. The summed E-state index contributed by atoms with van der Waals surface area (Å²) >= 11 is 0. The Morgan fingerprint density at radius 1 is 0.485 bits per heavy atom. The van der Waals surface area contributed by atoms with Gasteiger partial charge in [0.25, 0.3) is 0 Å². The Balaban J connectivity index is 1.60. The van der Waals surface area contributed by atoms with E-state index >= 15 is 0 Å². The topological polar surface area (TPSA) is 40.5 Å². The maximum Gasteiger partial charge on any atom is 0.127 e. The van der Waals surface area contributed by atoms with E-state index in [4.69, 9.17) is 0 Å². The number of fused-ring (bicyclic) bond motifs is 3. The first-order valence-electron chi connectivity index (χ1n) is 11.1. The highest BCUT2D eigenvalue weighted by atomic mass is 16.3. The van der Waals surface area contributed by atoms with Crippen LogP contribution in [0.25, 0.3) is 43.4 Å². The number of benzene rings is 6. The summed E-state index contributed by atoms with van der Waals surface area (Å²) < 4.78 is 0. The van der Waals surface area contributed by atoms with Crippen LogP contribution in [0.2, 0.25) is 0 Å². The average molecular weight is 427 g/mol. The molecular weight excluding hydrogens is 404 g/mol. The molecule has 0 aliphatic heterocycles. The van der Waals surface area contributed by atoms with Crippen molar-refractivity contribution in [3.05, 3.63) is 120 Å². The molecule has 0 aliphatic rings. The molecule has 2 nitrogen and oxygen atoms in total. The molecule has 0 saturated heterocycles. The summed E-state index contributed by atoms with van der Waals surface area (Å²) in [4.78, 5) is 0. The molecule has 2 heteroatoms. The van der Waals surface area contributed by atoms with Crippen LogP contribution >= 0.6 is 0 Å². The molecule has 0 spiro atoms. The molecular formula is C31H22O2. The van der Waals surface area contributed by atoms with Gasteiger partial charge in [-0.15, -0.1) is 0 Å². The maximum absolute atomic E-state index is 11.6. The Morgan fingerprint density at radius 3 is 1.88 bits per heavy atom. The molecule has 0 bridgehead atoms. The fraction of sp³-hybridized carbons (Fsp3) is 0.0323. The van der Waals surface area contributed by atoms with Gasteiger partial charge in [-0.1, -0.05) is 97.1 Å². The molecule has 0 fully saturated rings. The molecule has 158 valence electrons. The summed E-state index contributed by atoms with van der Waals surface area (Å²) in [5, 5.41) is 28.8. The van der Waals surface area contributed by atoms with E-state index in [0.717, 1.165) is 32.7 Å². The van der Waals surface area contributed by atoms with Crippen LogP contribution in [0, 0.1) is 0 Å². The molecule has 0 aliphatic carbocycles. The van der Waals surface area contributed by atoms with Crippen LogP contribution in [0.3, 0.4) is 0 Å². The fourth-order valence-electron chi connectivity index (χ4n) is 4.87. The van der Waals surface area contributed by atoms with Gasteiger partial charge < -0.3 is 10.2 Å². The quantitative estimate of drug-likeness (QED) is 0.303. The summed E-state index contributed by atoms with van der Waals surface area (Å²) in [6.45, 7) is 0. The predicted molar refractivity (Wildman–Crippen MR) is 137 cm³/mol. The lowest BCUT2D eigenvalue weighted by Crippen LogP contribution is -1.94. The van der Waals surface area contributed by atoms with E-state index in [9.17, 15) is 10.2 Å². The Hall–Kier alpha value is -4.30. The molecule has 0 aromatic heterocycles. The number of hydrogen-bond donors (Lipinski definition) is 2. The van der Waals surface area contributed by atoms with Crippen LogP contribution in [-0.4, -0.2) is 10.2 Å². The zero-order chi connectivity index (χ0) is 22.4. The number of aromatic hydroxyl groups is 2. The van der Waals surface area contributed by atoms with Crippen LogP contribution in [0.5, 0.6) is 11.5 Å². The molecule has 6 aromatic carbocycles. The highest BCUT2D eigenvalue weighted by Gasteiger charge is 2.19. The molecule has 0 saturated carbocycles. The second kappa shape index (κ2) is 7.68. The highest BCUT2D eigenvalue weighted by molar-refractivity contribution is 6.10. The smallest absolute Gasteiger partial charge is 0.127 e. The normalized spacial score (nSPS) is 11.4. The lowest BCUT2D eigenvalue weighted by Gasteiger charge is -2.17. The van der Waals surface area contributed by atoms with E-state index in [1.807, 2.05) is 60.7 Å². The van der Waals surface area contributed by atoms with Gasteiger partial charge in [0.15, 0.2) is 0 Å². The van der Waals surface area contributed by atoms with E-state index in [1.165, 1.54) is 10.8 Å². The number of hydrogen-bond acceptors (Lipinski definition) is 2. The van der Waals surface area contributed by atoms with Crippen molar-refractivity contribution in [2.45, 2.75) is 6.42 Å². The summed E-state index contributed by atoms with van der Waals surface area (Å²) in [5.41, 5.74) is 3.32. The first-order valence-corrected chi connectivity index (χ1v) is 11.1. The Morgan fingerprint density at radius 2 is 1.09 bits per heavy atom. The molecule has 6 aromatic rings. The summed E-state index contributed by atoms with van der Waals surface area (Å²) in [5.74, 6) is 0.380. The lowest BCUT2D eigenvalue weighted by molar-refractivity contribution is 0.467. The van der Waals surface area contributed by atoms with Crippen LogP contribution < -0.4 is 0 Å². The standard InChI is InChI=1S/C31H22O2/c32-28-16-15-22-8-3-5-11-26(22)29(28)30-27-12-6-4-10-24(27)19-25(31(30)33)18-20-13-14-21-7-1-2-9-23(21)17-20/h1-17,19,32-33H,18H2. The van der Waals surface area contributed by atoms with E-state index in [0.29, 0.717) is 17.5 Å². The molecule has 0 heterocycles. The minimum absolute atomic E-state index is 0.164. The van der Waals surface area contributed by atoms with Crippen LogP contribution in [0.4, 0.5) is 0 Å². The molecule has 0 atom stereocenters. The van der Waals surface area contributed by atoms with E-state index in [-0.39, 0.29) is 11.5 Å². The molecule has 0 unspecified atom stereocenters. The van der Waals surface area contributed by atoms with E-state index in [1.54, 1.807) is 6.07 Å². The van der Waals surface area contributed by atoms with Crippen molar-refractivity contribution in [1.82, 2.24) is 0 Å². The van der Waals surface area contributed by atoms with E-state index < -0.39 is 0 Å². The van der Waals surface area contributed by atoms with Gasteiger partial charge in [0.2, 0.25) is 0 Å². The van der Waals surface area contributed by atoms with Crippen LogP contribution in [-0.2, 0) is 6.42 Å². The number of rotatable bonds is 3. The highest BCUT2D eigenvalue weighted by Crippen LogP contribution is 2.46. The van der Waals surface area contributed by atoms with Crippen LogP contribution in [0.1, 0.15) is 11.1 Å². The first kappa shape index (κ1) is 19.4. The van der Waals surface area contributed by atoms with Crippen molar-refractivity contribution in [3.63, 3.8) is 0 Å². The minimum atomic E-state index is 0.164. The first-order chi connectivity index (χ1) is 16.2. The van der Waals surface area contributed by atoms with Crippen LogP contribution in [0.15, 0.2) is 109 Å². The van der Waals surface area contributed by atoms with Gasteiger partial charge >= 0.3 is 0 Å². The fourth-order valence-corrected chi connectivity index (χ4v) is 4.87. The largest absolute Gasteiger partial charge is 0.507 e. The van der Waals surface area contributed by atoms with Crippen molar-refractivity contribution in [3.8, 4) is 22.6 Å². The third kappa shape index (κ3) is 3.28. The summed E-state index contributed by atoms with van der Waals surface area (Å²) in [7, 11) is 0. The zero-order valence-corrected chi connectivity index (χ0v) is 18.0. The Kier molecular flexibility index (Phi) is 4.51. The average Bonchev–Trinajstić information content (AvgIpc) is 2.85. The van der Waals surface area contributed by atoms with Crippen molar-refractivity contribution in [2.75, 3.05) is 0 Å². The van der Waals surface area contributed by atoms with Gasteiger partial charge in [-0.2, -0.15) is 0 Å². The predicted octanol–water partition coefficient (Wildman–Crippen LogP) is 7.82. The molecule has 0 amide bonds. The van der Waals surface area contributed by atoms with Gasteiger partial charge in [-0.05, 0) is 55.6 Å². The van der Waals surface area contributed by atoms with Gasteiger partial charge in [-0.25, -0.2) is 0 Å². The SMILES string of the molecule is Oc1ccc2ccccc2c1-c1c(O)c(Cc2ccc3ccccc3c2)cc2ccccc12. The number of phenolic OH excluding ortho intramolecular Hbond substituents is 2. The maximum atomic E-state index is 11.6. The van der Waals surface area contributed by atoms with Crippen molar-refractivity contribution >= 4 is 32.3 Å². The molecule has 6 rings (SSSR count). The Labute approximate surface area is 192 Å². The number of phenols is 2. The van der Waals surface area contributed by atoms with Gasteiger partial charge in [0.05, 0.1) is 0 Å². The monoisotopic (exact) mass is 426 g/mol. The van der Waals surface area contributed by atoms with Gasteiger partial charge in [0, 0.05) is 17.5 Å². The Bertz CT molecular complexity index is 1660. The lowest BCUT2D eigenvalue weighted by atomic mass is 9.89. The van der Waals surface area contributed by atoms with Gasteiger partial charge in [0.1, 0.15) is 11.5 Å². The molecule has 2 N–H and O–H groups in total. The van der Waals surface area contributed by atoms with Crippen molar-refractivity contribution in [2.24, 2.45) is 0 Å². The minimum Gasteiger partial charge on any atom is -0.507 e. The second-order valence-corrected chi connectivity index (χ2v) is 8.52. The van der Waals surface area contributed by atoms with E-state index in [2.05, 4.69) is 42.5 Å². The van der Waals surface area contributed by atoms with Crippen molar-refractivity contribution in [1.29, 1.82) is 0 Å². The zero-order valence-electron chi connectivity index (χ0n) is 18.0. The van der Waals surface area contributed by atoms with Crippen molar-refractivity contribution < 1.29 is 10.2 Å². The summed E-state index contributed by atoms with van der Waals surface area (Å²) in [6.07, 6.45) is 0.597. The molecule has 0 radical (unpaired) electrons. The van der Waals surface area contributed by atoms with Gasteiger partial charge in [-0.3, -0.25) is 0 Å². The third-order valence-corrected chi connectivity index (χ3v) is 6.47. The summed E-state index contributed by atoms with van der Waals surface area (Å²) in [6, 6.07) is 36.4.